The van der Waals surface area contributed by atoms with Crippen molar-refractivity contribution in [2.75, 3.05) is 17.6 Å². The molecule has 3 fully saturated rings. The summed E-state index contributed by atoms with van der Waals surface area (Å²) in [6.07, 6.45) is 8.03. The van der Waals surface area contributed by atoms with E-state index in [1.54, 1.807) is 10.8 Å². The van der Waals surface area contributed by atoms with Crippen LogP contribution in [0.3, 0.4) is 0 Å². The first kappa shape index (κ1) is 21.1. The van der Waals surface area contributed by atoms with Crippen LogP contribution in [0.2, 0.25) is 0 Å². The molecule has 0 radical (unpaired) electrons. The zero-order valence-corrected chi connectivity index (χ0v) is 19.6. The summed E-state index contributed by atoms with van der Waals surface area (Å²) in [6, 6.07) is 12.4. The normalized spacial score (nSPS) is 29.5. The highest BCUT2D eigenvalue weighted by Crippen LogP contribution is 2.72. The number of aromatic nitrogens is 4. The van der Waals surface area contributed by atoms with Gasteiger partial charge in [-0.2, -0.15) is 0 Å². The van der Waals surface area contributed by atoms with E-state index in [0.29, 0.717) is 23.3 Å². The van der Waals surface area contributed by atoms with Gasteiger partial charge in [-0.3, -0.25) is 0 Å². The van der Waals surface area contributed by atoms with E-state index < -0.39 is 17.2 Å². The van der Waals surface area contributed by atoms with E-state index in [-0.39, 0.29) is 5.92 Å². The largest absolute Gasteiger partial charge is 0.388 e. The summed E-state index contributed by atoms with van der Waals surface area (Å²) in [5.74, 6) is 2.39. The van der Waals surface area contributed by atoms with Gasteiger partial charge in [0.2, 0.25) is 0 Å². The second-order valence-electron chi connectivity index (χ2n) is 10.8. The van der Waals surface area contributed by atoms with Crippen LogP contribution in [0.4, 0.5) is 11.6 Å². The quantitative estimate of drug-likeness (QED) is 0.326. The maximum Gasteiger partial charge on any atom is 0.175 e. The summed E-state index contributed by atoms with van der Waals surface area (Å²) in [5.41, 5.74) is 6.95. The number of aliphatic hydroxyl groups is 2. The number of fused-ring (bicyclic) bond motifs is 3. The molecular formula is C27H30N6O2. The van der Waals surface area contributed by atoms with Crippen LogP contribution < -0.4 is 11.1 Å². The predicted octanol–water partition coefficient (Wildman–Crippen LogP) is 3.43. The Morgan fingerprint density at radius 1 is 1.14 bits per heavy atom. The van der Waals surface area contributed by atoms with E-state index in [0.717, 1.165) is 48.4 Å². The molecule has 4 atom stereocenters. The monoisotopic (exact) mass is 470 g/mol. The molecule has 3 aliphatic carbocycles. The Labute approximate surface area is 203 Å². The molecule has 0 aliphatic heterocycles. The first-order valence-corrected chi connectivity index (χ1v) is 12.6. The van der Waals surface area contributed by atoms with Gasteiger partial charge in [0.05, 0.1) is 10.9 Å². The van der Waals surface area contributed by atoms with Gasteiger partial charge in [0, 0.05) is 23.5 Å². The Morgan fingerprint density at radius 2 is 2.00 bits per heavy atom. The van der Waals surface area contributed by atoms with Gasteiger partial charge in [-0.1, -0.05) is 12.1 Å². The van der Waals surface area contributed by atoms with Crippen LogP contribution >= 0.6 is 0 Å². The summed E-state index contributed by atoms with van der Waals surface area (Å²) in [7, 11) is 0. The van der Waals surface area contributed by atoms with Crippen molar-refractivity contribution in [1.29, 1.82) is 0 Å². The van der Waals surface area contributed by atoms with E-state index in [9.17, 15) is 10.2 Å². The highest BCUT2D eigenvalue weighted by atomic mass is 16.4. The van der Waals surface area contributed by atoms with Crippen molar-refractivity contribution in [3.8, 4) is 0 Å². The van der Waals surface area contributed by atoms with Gasteiger partial charge >= 0.3 is 0 Å². The van der Waals surface area contributed by atoms with Crippen molar-refractivity contribution in [1.82, 2.24) is 19.5 Å². The summed E-state index contributed by atoms with van der Waals surface area (Å²) in [4.78, 5) is 13.3. The third-order valence-electron chi connectivity index (χ3n) is 8.70. The molecule has 3 heterocycles. The number of pyridine rings is 1. The fourth-order valence-electron chi connectivity index (χ4n) is 6.40. The van der Waals surface area contributed by atoms with Crippen molar-refractivity contribution < 1.29 is 10.2 Å². The number of hydrogen-bond donors (Lipinski definition) is 4. The Balaban J connectivity index is 1.17. The second-order valence-corrected chi connectivity index (χ2v) is 10.8. The number of rotatable bonds is 7. The van der Waals surface area contributed by atoms with Gasteiger partial charge in [-0.05, 0) is 80.2 Å². The van der Waals surface area contributed by atoms with E-state index >= 15 is 0 Å². The Hall–Kier alpha value is -3.23. The van der Waals surface area contributed by atoms with Crippen LogP contribution in [0, 0.1) is 17.3 Å². The molecule has 3 saturated carbocycles. The minimum Gasteiger partial charge on any atom is -0.388 e. The number of nitrogens with two attached hydrogens (primary N) is 1. The predicted molar refractivity (Wildman–Crippen MR) is 135 cm³/mol. The number of hydrogen-bond acceptors (Lipinski definition) is 7. The molecule has 0 spiro atoms. The summed E-state index contributed by atoms with van der Waals surface area (Å²) in [6.45, 7) is 0.994. The standard InChI is InChI=1S/C27H30N6O2/c28-24-20-8-10-33(25(20)31-15-30-24)27(35)22(34)12-19-13-26(19,27)9-7-16-3-4-18-5-6-23(32-21(18)11-16)29-14-17-1-2-17/h3-6,8,10-11,15,17,19,22,34-35H,1-2,7,9,12-14H2,(H,29,32)(H2,28,30,31). The van der Waals surface area contributed by atoms with Gasteiger partial charge in [-0.15, -0.1) is 0 Å². The van der Waals surface area contributed by atoms with E-state index in [1.165, 1.54) is 24.7 Å². The molecular weight excluding hydrogens is 440 g/mol. The van der Waals surface area contributed by atoms with Crippen LogP contribution in [0.5, 0.6) is 0 Å². The fraction of sp³-hybridized carbons (Fsp3) is 0.444. The smallest absolute Gasteiger partial charge is 0.175 e. The molecule has 3 aliphatic rings. The third kappa shape index (κ3) is 3.16. The van der Waals surface area contributed by atoms with Gasteiger partial charge in [-0.25, -0.2) is 15.0 Å². The molecule has 35 heavy (non-hydrogen) atoms. The van der Waals surface area contributed by atoms with Crippen molar-refractivity contribution in [3.05, 3.63) is 54.5 Å². The number of aryl methyl sites for hydroxylation is 1. The van der Waals surface area contributed by atoms with E-state index in [2.05, 4.69) is 45.6 Å². The lowest BCUT2D eigenvalue weighted by molar-refractivity contribution is -0.164. The molecule has 3 aromatic heterocycles. The Morgan fingerprint density at radius 3 is 2.86 bits per heavy atom. The Kier molecular flexibility index (Phi) is 4.45. The molecule has 8 heteroatoms. The lowest BCUT2D eigenvalue weighted by atomic mass is 9.85. The number of nitrogen functional groups attached to an aromatic ring is 1. The molecule has 0 amide bonds. The maximum atomic E-state index is 12.1. The van der Waals surface area contributed by atoms with Crippen LogP contribution in [-0.2, 0) is 12.1 Å². The topological polar surface area (TPSA) is 122 Å². The summed E-state index contributed by atoms with van der Waals surface area (Å²) < 4.78 is 1.73. The van der Waals surface area contributed by atoms with Crippen molar-refractivity contribution in [3.63, 3.8) is 0 Å². The van der Waals surface area contributed by atoms with Crippen molar-refractivity contribution in [2.24, 2.45) is 17.3 Å². The molecule has 4 unspecified atom stereocenters. The minimum atomic E-state index is -1.42. The van der Waals surface area contributed by atoms with Crippen molar-refractivity contribution >= 4 is 33.6 Å². The number of aliphatic hydroxyl groups excluding tert-OH is 1. The first-order valence-electron chi connectivity index (χ1n) is 12.6. The zero-order chi connectivity index (χ0) is 23.8. The van der Waals surface area contributed by atoms with Crippen LogP contribution in [0.25, 0.3) is 21.9 Å². The van der Waals surface area contributed by atoms with Crippen LogP contribution in [0.15, 0.2) is 48.9 Å². The van der Waals surface area contributed by atoms with Gasteiger partial charge in [0.15, 0.2) is 5.72 Å². The maximum absolute atomic E-state index is 12.1. The molecule has 0 bridgehead atoms. The highest BCUT2D eigenvalue weighted by Gasteiger charge is 2.74. The molecule has 5 N–H and O–H groups in total. The highest BCUT2D eigenvalue weighted by molar-refractivity contribution is 5.86. The SMILES string of the molecule is Nc1ncnc2c1ccn2C1(O)C(O)CC2CC21CCc1ccc2ccc(NCC3CC3)nc2c1. The summed E-state index contributed by atoms with van der Waals surface area (Å²) >= 11 is 0. The lowest BCUT2D eigenvalue weighted by Gasteiger charge is -2.38. The second kappa shape index (κ2) is 7.38. The minimum absolute atomic E-state index is 0.288. The lowest BCUT2D eigenvalue weighted by Crippen LogP contribution is -2.49. The molecule has 1 aromatic carbocycles. The van der Waals surface area contributed by atoms with Crippen molar-refractivity contribution in [2.45, 2.75) is 50.4 Å². The average Bonchev–Trinajstić information content (AvgIpc) is 3.76. The third-order valence-corrected chi connectivity index (χ3v) is 8.70. The molecule has 0 saturated heterocycles. The number of nitrogens with zero attached hydrogens (tertiary/aromatic N) is 4. The van der Waals surface area contributed by atoms with Gasteiger partial charge in [0.1, 0.15) is 29.7 Å². The summed E-state index contributed by atoms with van der Waals surface area (Å²) in [5, 5.41) is 28.4. The van der Waals surface area contributed by atoms with Crippen LogP contribution in [0.1, 0.15) is 37.7 Å². The van der Waals surface area contributed by atoms with E-state index in [4.69, 9.17) is 10.7 Å². The van der Waals surface area contributed by atoms with Crippen LogP contribution in [-0.4, -0.2) is 42.4 Å². The average molecular weight is 471 g/mol. The number of nitrogens with one attached hydrogen (secondary N) is 1. The number of anilines is 2. The first-order chi connectivity index (χ1) is 17.0. The molecule has 4 aromatic rings. The van der Waals surface area contributed by atoms with E-state index in [1.807, 2.05) is 6.07 Å². The Bertz CT molecular complexity index is 1450. The molecule has 8 nitrogen and oxygen atoms in total. The zero-order valence-electron chi connectivity index (χ0n) is 19.6. The molecule has 180 valence electrons. The molecule has 7 rings (SSSR count). The van der Waals surface area contributed by atoms with Gasteiger partial charge < -0.3 is 25.8 Å². The number of benzene rings is 1. The fourth-order valence-corrected chi connectivity index (χ4v) is 6.40. The van der Waals surface area contributed by atoms with Gasteiger partial charge in [0.25, 0.3) is 0 Å².